The fourth-order valence-electron chi connectivity index (χ4n) is 2.29. The van der Waals surface area contributed by atoms with Gasteiger partial charge >= 0.3 is 12.1 Å². The first kappa shape index (κ1) is 15.6. The van der Waals surface area contributed by atoms with Crippen LogP contribution in [0.4, 0.5) is 18.9 Å². The fraction of sp³-hybridized carbons (Fsp3) is 0.500. The number of benzene rings is 1. The van der Waals surface area contributed by atoms with Crippen molar-refractivity contribution < 1.29 is 22.7 Å². The van der Waals surface area contributed by atoms with Gasteiger partial charge in [0.2, 0.25) is 0 Å². The summed E-state index contributed by atoms with van der Waals surface area (Å²) in [6, 6.07) is 5.32. The Morgan fingerprint density at radius 1 is 1.24 bits per heavy atom. The van der Waals surface area contributed by atoms with Crippen LogP contribution >= 0.6 is 0 Å². The van der Waals surface area contributed by atoms with Gasteiger partial charge in [0.1, 0.15) is 0 Å². The number of nitrogens with zero attached hydrogens (tertiary/aromatic N) is 2. The molecule has 4 nitrogen and oxygen atoms in total. The molecule has 0 saturated carbocycles. The topological polar surface area (TPSA) is 32.8 Å². The highest BCUT2D eigenvalue weighted by molar-refractivity contribution is 5.71. The number of methoxy groups -OCH3 is 1. The molecule has 0 spiro atoms. The molecule has 1 aliphatic heterocycles. The maximum atomic E-state index is 12.7. The first-order valence-corrected chi connectivity index (χ1v) is 6.61. The molecule has 0 radical (unpaired) electrons. The fourth-order valence-corrected chi connectivity index (χ4v) is 2.29. The van der Waals surface area contributed by atoms with Gasteiger partial charge in [-0.25, -0.2) is 0 Å². The van der Waals surface area contributed by atoms with E-state index in [2.05, 4.69) is 4.74 Å². The van der Waals surface area contributed by atoms with Crippen LogP contribution in [0, 0.1) is 0 Å². The molecular formula is C14H17F3N2O2. The zero-order valence-electron chi connectivity index (χ0n) is 11.7. The minimum Gasteiger partial charge on any atom is -0.468 e. The third kappa shape index (κ3) is 4.10. The summed E-state index contributed by atoms with van der Waals surface area (Å²) in [5.74, 6) is -0.303. The molecule has 7 heteroatoms. The lowest BCUT2D eigenvalue weighted by Gasteiger charge is -2.35. The van der Waals surface area contributed by atoms with E-state index in [-0.39, 0.29) is 12.5 Å². The average Bonchev–Trinajstić information content (AvgIpc) is 2.47. The normalized spacial score (nSPS) is 16.9. The van der Waals surface area contributed by atoms with Crippen molar-refractivity contribution in [1.82, 2.24) is 4.90 Å². The maximum absolute atomic E-state index is 12.7. The number of hydrogen-bond donors (Lipinski definition) is 0. The minimum atomic E-state index is -4.33. The first-order chi connectivity index (χ1) is 9.90. The van der Waals surface area contributed by atoms with Gasteiger partial charge in [0.25, 0.3) is 0 Å². The van der Waals surface area contributed by atoms with Gasteiger partial charge in [-0.15, -0.1) is 0 Å². The van der Waals surface area contributed by atoms with Crippen molar-refractivity contribution in [3.05, 3.63) is 29.8 Å². The quantitative estimate of drug-likeness (QED) is 0.800. The molecule has 0 amide bonds. The molecule has 1 aromatic rings. The number of hydrogen-bond acceptors (Lipinski definition) is 4. The summed E-state index contributed by atoms with van der Waals surface area (Å²) in [7, 11) is 1.33. The summed E-state index contributed by atoms with van der Waals surface area (Å²) in [6.45, 7) is 2.61. The van der Waals surface area contributed by atoms with Crippen LogP contribution in [0.3, 0.4) is 0 Å². The Morgan fingerprint density at radius 3 is 2.48 bits per heavy atom. The van der Waals surface area contributed by atoms with Gasteiger partial charge in [-0.3, -0.25) is 9.69 Å². The van der Waals surface area contributed by atoms with Gasteiger partial charge < -0.3 is 9.64 Å². The summed E-state index contributed by atoms with van der Waals surface area (Å²) in [4.78, 5) is 15.0. The molecule has 0 aliphatic carbocycles. The Hall–Kier alpha value is -1.76. The van der Waals surface area contributed by atoms with Crippen LogP contribution in [0.2, 0.25) is 0 Å². The number of ether oxygens (including phenoxy) is 1. The average molecular weight is 302 g/mol. The van der Waals surface area contributed by atoms with Gasteiger partial charge in [0, 0.05) is 31.9 Å². The zero-order chi connectivity index (χ0) is 15.5. The lowest BCUT2D eigenvalue weighted by Crippen LogP contribution is -2.48. The Labute approximate surface area is 121 Å². The summed E-state index contributed by atoms with van der Waals surface area (Å²) < 4.78 is 42.7. The smallest absolute Gasteiger partial charge is 0.416 e. The first-order valence-electron chi connectivity index (χ1n) is 6.61. The number of anilines is 1. The van der Waals surface area contributed by atoms with E-state index in [1.807, 2.05) is 9.80 Å². The third-order valence-corrected chi connectivity index (χ3v) is 3.49. The Balaban J connectivity index is 1.98. The van der Waals surface area contributed by atoms with Crippen LogP contribution in [0.5, 0.6) is 0 Å². The summed E-state index contributed by atoms with van der Waals surface area (Å²) in [5, 5.41) is 0. The lowest BCUT2D eigenvalue weighted by molar-refractivity contribution is -0.142. The molecule has 0 aromatic heterocycles. The van der Waals surface area contributed by atoms with Gasteiger partial charge in [-0.2, -0.15) is 13.2 Å². The van der Waals surface area contributed by atoms with Crippen molar-refractivity contribution in [2.45, 2.75) is 6.18 Å². The largest absolute Gasteiger partial charge is 0.468 e. The molecule has 1 saturated heterocycles. The van der Waals surface area contributed by atoms with Crippen molar-refractivity contribution in [2.24, 2.45) is 0 Å². The number of esters is 1. The maximum Gasteiger partial charge on any atom is 0.416 e. The molecule has 0 atom stereocenters. The predicted molar refractivity (Wildman–Crippen MR) is 72.1 cm³/mol. The van der Waals surface area contributed by atoms with E-state index in [1.165, 1.54) is 13.2 Å². The summed E-state index contributed by atoms with van der Waals surface area (Å²) in [5.41, 5.74) is -0.0838. The van der Waals surface area contributed by atoms with Crippen LogP contribution in [0.1, 0.15) is 5.56 Å². The van der Waals surface area contributed by atoms with Gasteiger partial charge in [-0.1, -0.05) is 6.07 Å². The van der Waals surface area contributed by atoms with E-state index in [9.17, 15) is 18.0 Å². The number of carbonyl (C=O) groups is 1. The molecule has 1 heterocycles. The van der Waals surface area contributed by atoms with E-state index in [4.69, 9.17) is 0 Å². The van der Waals surface area contributed by atoms with Crippen molar-refractivity contribution in [2.75, 3.05) is 44.7 Å². The van der Waals surface area contributed by atoms with E-state index in [0.29, 0.717) is 31.9 Å². The highest BCUT2D eigenvalue weighted by Gasteiger charge is 2.31. The van der Waals surface area contributed by atoms with Gasteiger partial charge in [0.05, 0.1) is 19.2 Å². The second-order valence-electron chi connectivity index (χ2n) is 4.89. The second-order valence-corrected chi connectivity index (χ2v) is 4.89. The Morgan fingerprint density at radius 2 is 1.90 bits per heavy atom. The molecule has 2 rings (SSSR count). The van der Waals surface area contributed by atoms with Crippen molar-refractivity contribution in [3.8, 4) is 0 Å². The Kier molecular flexibility index (Phi) is 4.72. The van der Waals surface area contributed by atoms with Crippen molar-refractivity contribution in [1.29, 1.82) is 0 Å². The lowest BCUT2D eigenvalue weighted by atomic mass is 10.1. The van der Waals surface area contributed by atoms with E-state index < -0.39 is 11.7 Å². The van der Waals surface area contributed by atoms with Crippen LogP contribution in [0.25, 0.3) is 0 Å². The third-order valence-electron chi connectivity index (χ3n) is 3.49. The Bertz CT molecular complexity index is 497. The standard InChI is InChI=1S/C14H17F3N2O2/c1-21-13(20)10-18-5-7-19(8-6-18)12-4-2-3-11(9-12)14(15,16)17/h2-4,9H,5-8,10H2,1H3. The highest BCUT2D eigenvalue weighted by atomic mass is 19.4. The number of alkyl halides is 3. The van der Waals surface area contributed by atoms with Crippen LogP contribution in [-0.2, 0) is 15.7 Å². The van der Waals surface area contributed by atoms with Crippen LogP contribution in [-0.4, -0.2) is 50.7 Å². The second kappa shape index (κ2) is 6.34. The molecule has 116 valence electrons. The SMILES string of the molecule is COC(=O)CN1CCN(c2cccc(C(F)(F)F)c2)CC1. The van der Waals surface area contributed by atoms with Crippen molar-refractivity contribution >= 4 is 11.7 Å². The van der Waals surface area contributed by atoms with Gasteiger partial charge in [0.15, 0.2) is 0 Å². The molecule has 1 aromatic carbocycles. The molecule has 0 N–H and O–H groups in total. The predicted octanol–water partition coefficient (Wildman–Crippen LogP) is 2.00. The monoisotopic (exact) mass is 302 g/mol. The van der Waals surface area contributed by atoms with E-state index in [1.54, 1.807) is 6.07 Å². The van der Waals surface area contributed by atoms with Crippen LogP contribution in [0.15, 0.2) is 24.3 Å². The van der Waals surface area contributed by atoms with Crippen LogP contribution < -0.4 is 4.90 Å². The molecule has 0 bridgehead atoms. The number of rotatable bonds is 3. The highest BCUT2D eigenvalue weighted by Crippen LogP contribution is 2.31. The zero-order valence-corrected chi connectivity index (χ0v) is 11.7. The summed E-state index contributed by atoms with van der Waals surface area (Å²) >= 11 is 0. The minimum absolute atomic E-state index is 0.215. The molecule has 1 fully saturated rings. The van der Waals surface area contributed by atoms with E-state index >= 15 is 0 Å². The van der Waals surface area contributed by atoms with E-state index in [0.717, 1.165) is 12.1 Å². The molecule has 21 heavy (non-hydrogen) atoms. The number of piperazine rings is 1. The number of halogens is 3. The van der Waals surface area contributed by atoms with Crippen molar-refractivity contribution in [3.63, 3.8) is 0 Å². The van der Waals surface area contributed by atoms with Gasteiger partial charge in [-0.05, 0) is 18.2 Å². The summed E-state index contributed by atoms with van der Waals surface area (Å²) in [6.07, 6.45) is -4.33. The molecular weight excluding hydrogens is 285 g/mol. The molecule has 0 unspecified atom stereocenters. The molecule has 1 aliphatic rings. The number of carbonyl (C=O) groups excluding carboxylic acids is 1.